The Bertz CT molecular complexity index is 1210. The van der Waals surface area contributed by atoms with Crippen LogP contribution in [0.15, 0.2) is 63.7 Å². The molecule has 2 aromatic rings. The lowest BCUT2D eigenvalue weighted by Gasteiger charge is -2.28. The standard InChI is InChI=1S/C31H50N4O7SSi/c1-6-10-11-12-25-43(37,38)30-20-16-28(17-21-30)34-33-27-14-18-29(19-15-27)35(5)23-24-39-31(36)32-22-13-26-44(40-7-2,41-8-3)42-9-4/h14-21H,6-13,22-26H2,1-5H3,(H,32,36). The van der Waals surface area contributed by atoms with Gasteiger partial charge in [-0.25, -0.2) is 13.2 Å². The van der Waals surface area contributed by atoms with Gasteiger partial charge in [0, 0.05) is 45.1 Å². The summed E-state index contributed by atoms with van der Waals surface area (Å²) in [5, 5.41) is 11.3. The van der Waals surface area contributed by atoms with Crippen LogP contribution in [0.5, 0.6) is 0 Å². The monoisotopic (exact) mass is 650 g/mol. The van der Waals surface area contributed by atoms with Crippen LogP contribution in [0.3, 0.4) is 0 Å². The first-order valence-electron chi connectivity index (χ1n) is 15.6. The largest absolute Gasteiger partial charge is 0.500 e. The summed E-state index contributed by atoms with van der Waals surface area (Å²) in [7, 11) is -4.09. The number of hydrogen-bond donors (Lipinski definition) is 1. The third-order valence-corrected chi connectivity index (χ3v) is 11.7. The van der Waals surface area contributed by atoms with Gasteiger partial charge in [-0.05, 0) is 82.1 Å². The number of alkyl carbamates (subject to hydrolysis) is 1. The first kappa shape index (κ1) is 37.3. The molecular formula is C31H50N4O7SSi. The molecule has 0 saturated heterocycles. The molecule has 0 radical (unpaired) electrons. The summed E-state index contributed by atoms with van der Waals surface area (Å²) < 4.78 is 47.9. The van der Waals surface area contributed by atoms with Crippen molar-refractivity contribution in [3.8, 4) is 0 Å². The van der Waals surface area contributed by atoms with E-state index in [2.05, 4.69) is 22.5 Å². The molecule has 0 spiro atoms. The molecule has 2 rings (SSSR count). The maximum atomic E-state index is 12.5. The minimum absolute atomic E-state index is 0.163. The van der Waals surface area contributed by atoms with Gasteiger partial charge in [0.25, 0.3) is 0 Å². The quantitative estimate of drug-likeness (QED) is 0.0815. The van der Waals surface area contributed by atoms with E-state index in [1.54, 1.807) is 24.3 Å². The molecule has 13 heteroatoms. The first-order chi connectivity index (χ1) is 21.2. The lowest BCUT2D eigenvalue weighted by molar-refractivity contribution is 0.0706. The molecule has 1 N–H and O–H groups in total. The number of unbranched alkanes of at least 4 members (excludes halogenated alkanes) is 3. The highest BCUT2D eigenvalue weighted by Gasteiger charge is 2.39. The third kappa shape index (κ3) is 13.4. The number of sulfone groups is 1. The molecule has 0 aromatic heterocycles. The fourth-order valence-electron chi connectivity index (χ4n) is 4.40. The van der Waals surface area contributed by atoms with Crippen LogP contribution in [0.4, 0.5) is 21.9 Å². The summed E-state index contributed by atoms with van der Waals surface area (Å²) in [6.45, 7) is 10.6. The lowest BCUT2D eigenvalue weighted by atomic mass is 10.2. The molecule has 246 valence electrons. The highest BCUT2D eigenvalue weighted by Crippen LogP contribution is 2.24. The van der Waals surface area contributed by atoms with Gasteiger partial charge in [-0.15, -0.1) is 0 Å². The molecule has 0 heterocycles. The molecule has 0 aliphatic carbocycles. The Hall–Kier alpha value is -2.84. The van der Waals surface area contributed by atoms with Crippen molar-refractivity contribution >= 4 is 41.8 Å². The Kier molecular flexibility index (Phi) is 17.2. The lowest BCUT2D eigenvalue weighted by Crippen LogP contribution is -2.46. The molecule has 0 unspecified atom stereocenters. The summed E-state index contributed by atoms with van der Waals surface area (Å²) in [5.41, 5.74) is 2.17. The molecule has 44 heavy (non-hydrogen) atoms. The van der Waals surface area contributed by atoms with E-state index >= 15 is 0 Å². The zero-order chi connectivity index (χ0) is 32.3. The van der Waals surface area contributed by atoms with E-state index in [0.29, 0.717) is 68.1 Å². The van der Waals surface area contributed by atoms with E-state index in [1.165, 1.54) is 0 Å². The van der Waals surface area contributed by atoms with Crippen molar-refractivity contribution in [1.82, 2.24) is 5.32 Å². The number of carbonyl (C=O) groups is 1. The van der Waals surface area contributed by atoms with E-state index in [-0.39, 0.29) is 12.4 Å². The van der Waals surface area contributed by atoms with Crippen molar-refractivity contribution in [3.63, 3.8) is 0 Å². The normalized spacial score (nSPS) is 12.0. The summed E-state index contributed by atoms with van der Waals surface area (Å²) in [5.74, 6) is 0.163. The van der Waals surface area contributed by atoms with Crippen LogP contribution in [-0.4, -0.2) is 75.6 Å². The van der Waals surface area contributed by atoms with E-state index < -0.39 is 24.7 Å². The van der Waals surface area contributed by atoms with Crippen LogP contribution >= 0.6 is 0 Å². The number of amides is 1. The van der Waals surface area contributed by atoms with E-state index in [4.69, 9.17) is 18.0 Å². The molecule has 2 aromatic carbocycles. The molecule has 0 saturated carbocycles. The van der Waals surface area contributed by atoms with E-state index in [9.17, 15) is 13.2 Å². The number of nitrogens with one attached hydrogen (secondary N) is 1. The van der Waals surface area contributed by atoms with Crippen LogP contribution in [0.2, 0.25) is 6.04 Å². The van der Waals surface area contributed by atoms with Gasteiger partial charge in [-0.1, -0.05) is 26.2 Å². The molecular weight excluding hydrogens is 601 g/mol. The highest BCUT2D eigenvalue weighted by atomic mass is 32.2. The third-order valence-electron chi connectivity index (χ3n) is 6.72. The van der Waals surface area contributed by atoms with Gasteiger partial charge in [0.1, 0.15) is 6.61 Å². The van der Waals surface area contributed by atoms with Crippen molar-refractivity contribution < 1.29 is 31.2 Å². The van der Waals surface area contributed by atoms with Crippen LogP contribution in [0.1, 0.15) is 59.8 Å². The zero-order valence-corrected chi connectivity index (χ0v) is 28.7. The SMILES string of the molecule is CCCCCCS(=O)(=O)c1ccc(N=Nc2ccc(N(C)CCOC(=O)NCCC[Si](OCC)(OCC)OCC)cc2)cc1. The second-order valence-electron chi connectivity index (χ2n) is 10.2. The summed E-state index contributed by atoms with van der Waals surface area (Å²) in [6, 6.07) is 14.6. The maximum absolute atomic E-state index is 12.5. The molecule has 1 amide bonds. The van der Waals surface area contributed by atoms with Gasteiger partial charge < -0.3 is 28.2 Å². The Morgan fingerprint density at radius 1 is 0.818 bits per heavy atom. The molecule has 0 aliphatic heterocycles. The fourth-order valence-corrected chi connectivity index (χ4v) is 8.38. The van der Waals surface area contributed by atoms with Crippen molar-refractivity contribution in [3.05, 3.63) is 48.5 Å². The van der Waals surface area contributed by atoms with Gasteiger partial charge in [-0.2, -0.15) is 10.2 Å². The second kappa shape index (κ2) is 20.2. The highest BCUT2D eigenvalue weighted by molar-refractivity contribution is 7.91. The Labute approximate surface area is 264 Å². The number of benzene rings is 2. The molecule has 11 nitrogen and oxygen atoms in total. The Morgan fingerprint density at radius 2 is 1.39 bits per heavy atom. The predicted octanol–water partition coefficient (Wildman–Crippen LogP) is 7.06. The Morgan fingerprint density at radius 3 is 1.93 bits per heavy atom. The minimum atomic E-state index is -3.28. The number of likely N-dealkylation sites (N-methyl/N-ethyl adjacent to an activating group) is 1. The van der Waals surface area contributed by atoms with Gasteiger partial charge >= 0.3 is 14.9 Å². The number of carbonyl (C=O) groups excluding carboxylic acids is 1. The first-order valence-corrected chi connectivity index (χ1v) is 19.1. The zero-order valence-electron chi connectivity index (χ0n) is 26.9. The van der Waals surface area contributed by atoms with Gasteiger partial charge in [0.05, 0.1) is 28.6 Å². The van der Waals surface area contributed by atoms with Gasteiger partial charge in [0.15, 0.2) is 9.84 Å². The maximum Gasteiger partial charge on any atom is 0.500 e. The Balaban J connectivity index is 1.75. The average Bonchev–Trinajstić information content (AvgIpc) is 3.01. The van der Waals surface area contributed by atoms with Crippen molar-refractivity contribution in [2.75, 3.05) is 57.2 Å². The van der Waals surface area contributed by atoms with E-state index in [0.717, 1.165) is 24.9 Å². The van der Waals surface area contributed by atoms with Crippen molar-refractivity contribution in [1.29, 1.82) is 0 Å². The summed E-state index contributed by atoms with van der Waals surface area (Å²) in [4.78, 5) is 14.4. The number of azo groups is 1. The molecule has 0 fully saturated rings. The van der Waals surface area contributed by atoms with Crippen molar-refractivity contribution in [2.45, 2.75) is 70.7 Å². The summed E-state index contributed by atoms with van der Waals surface area (Å²) >= 11 is 0. The number of anilines is 1. The predicted molar refractivity (Wildman–Crippen MR) is 176 cm³/mol. The minimum Gasteiger partial charge on any atom is -0.448 e. The average molecular weight is 651 g/mol. The van der Waals surface area contributed by atoms with Crippen LogP contribution in [-0.2, 0) is 27.9 Å². The topological polar surface area (TPSA) is 128 Å². The smallest absolute Gasteiger partial charge is 0.448 e. The fraction of sp³-hybridized carbons (Fsp3) is 0.581. The molecule has 0 aliphatic rings. The van der Waals surface area contributed by atoms with Crippen LogP contribution in [0, 0.1) is 0 Å². The second-order valence-corrected chi connectivity index (χ2v) is 15.0. The van der Waals surface area contributed by atoms with Gasteiger partial charge in [-0.3, -0.25) is 0 Å². The van der Waals surface area contributed by atoms with Crippen molar-refractivity contribution in [2.24, 2.45) is 10.2 Å². The summed E-state index contributed by atoms with van der Waals surface area (Å²) in [6.07, 6.45) is 3.91. The van der Waals surface area contributed by atoms with Crippen LogP contribution in [0.25, 0.3) is 0 Å². The van der Waals surface area contributed by atoms with E-state index in [1.807, 2.05) is 57.0 Å². The molecule has 0 atom stereocenters. The number of rotatable bonds is 22. The van der Waals surface area contributed by atoms with Gasteiger partial charge in [0.2, 0.25) is 0 Å². The molecule has 0 bridgehead atoms. The number of nitrogens with zero attached hydrogens (tertiary/aromatic N) is 3. The van der Waals surface area contributed by atoms with Crippen LogP contribution < -0.4 is 10.2 Å². The number of hydrogen-bond acceptors (Lipinski definition) is 10. The number of ether oxygens (including phenoxy) is 1.